The Morgan fingerprint density at radius 1 is 1.00 bits per heavy atom. The van der Waals surface area contributed by atoms with E-state index in [9.17, 15) is 31.2 Å². The quantitative estimate of drug-likeness (QED) is 0.388. The lowest BCUT2D eigenvalue weighted by atomic mass is 9.93. The smallest absolute Gasteiger partial charge is 0.416 e. The predicted octanol–water partition coefficient (Wildman–Crippen LogP) is 5.58. The summed E-state index contributed by atoms with van der Waals surface area (Å²) in [5.41, 5.74) is -1.88. The van der Waals surface area contributed by atoms with Crippen molar-refractivity contribution in [2.24, 2.45) is 0 Å². The molecule has 0 aliphatic rings. The van der Waals surface area contributed by atoms with E-state index in [1.807, 2.05) is 0 Å². The highest BCUT2D eigenvalue weighted by atomic mass is 35.5. The number of ether oxygens (including phenoxy) is 2. The molecule has 0 aliphatic heterocycles. The maximum Gasteiger partial charge on any atom is 0.416 e. The van der Waals surface area contributed by atoms with Crippen LogP contribution < -0.4 is 5.32 Å². The summed E-state index contributed by atoms with van der Waals surface area (Å²) in [6, 6.07) is 7.37. The number of rotatable bonds is 10. The van der Waals surface area contributed by atoms with Crippen molar-refractivity contribution in [1.29, 1.82) is 0 Å². The van der Waals surface area contributed by atoms with Crippen molar-refractivity contribution in [2.45, 2.75) is 61.5 Å². The Morgan fingerprint density at radius 3 is 2.22 bits per heavy atom. The third kappa shape index (κ3) is 7.36. The molecule has 0 bridgehead atoms. The molecule has 7 nitrogen and oxygen atoms in total. The normalized spacial score (nSPS) is 13.5. The van der Waals surface area contributed by atoms with E-state index < -0.39 is 44.1 Å². The topological polar surface area (TPSA) is 98.8 Å². The number of carbonyl (C=O) groups excluding carboxylic acids is 2. The van der Waals surface area contributed by atoms with E-state index in [1.165, 1.54) is 25.1 Å². The van der Waals surface area contributed by atoms with Gasteiger partial charge in [0.25, 0.3) is 0 Å². The number of hydrogen-bond acceptors (Lipinski definition) is 6. The molecule has 1 amide bonds. The van der Waals surface area contributed by atoms with E-state index in [1.54, 1.807) is 13.8 Å². The molecule has 2 aromatic rings. The molecule has 0 aliphatic carbocycles. The van der Waals surface area contributed by atoms with Gasteiger partial charge in [0.2, 0.25) is 9.84 Å². The zero-order valence-corrected chi connectivity index (χ0v) is 21.5. The van der Waals surface area contributed by atoms with Crippen LogP contribution in [0.25, 0.3) is 0 Å². The van der Waals surface area contributed by atoms with Gasteiger partial charge < -0.3 is 14.8 Å². The van der Waals surface area contributed by atoms with Gasteiger partial charge in [0, 0.05) is 5.02 Å². The fraction of sp³-hybridized carbons (Fsp3) is 0.417. The number of hydrogen-bond donors (Lipinski definition) is 1. The maximum atomic E-state index is 13.0. The van der Waals surface area contributed by atoms with Crippen LogP contribution in [0.4, 0.5) is 18.0 Å². The van der Waals surface area contributed by atoms with Crippen molar-refractivity contribution < 1.29 is 40.7 Å². The summed E-state index contributed by atoms with van der Waals surface area (Å²) >= 11 is 6.29. The zero-order valence-electron chi connectivity index (χ0n) is 19.9. The molecule has 2 rings (SSSR count). The maximum absolute atomic E-state index is 13.0. The van der Waals surface area contributed by atoms with Crippen molar-refractivity contribution in [3.8, 4) is 0 Å². The van der Waals surface area contributed by atoms with Crippen LogP contribution >= 0.6 is 11.6 Å². The summed E-state index contributed by atoms with van der Waals surface area (Å²) in [4.78, 5) is 23.6. The van der Waals surface area contributed by atoms with Crippen LogP contribution in [0.15, 0.2) is 52.3 Å². The van der Waals surface area contributed by atoms with E-state index in [4.69, 9.17) is 21.1 Å². The Morgan fingerprint density at radius 2 is 1.64 bits per heavy atom. The van der Waals surface area contributed by atoms with E-state index in [2.05, 4.69) is 5.32 Å². The van der Waals surface area contributed by atoms with Gasteiger partial charge in [-0.15, -0.1) is 0 Å². The van der Waals surface area contributed by atoms with Crippen molar-refractivity contribution in [1.82, 2.24) is 5.32 Å². The molecule has 0 unspecified atom stereocenters. The van der Waals surface area contributed by atoms with Crippen LogP contribution in [0, 0.1) is 0 Å². The van der Waals surface area contributed by atoms with Crippen LogP contribution in [0.1, 0.15) is 44.7 Å². The van der Waals surface area contributed by atoms with E-state index in [0.717, 1.165) is 18.2 Å². The van der Waals surface area contributed by atoms with Gasteiger partial charge in [0.15, 0.2) is 0 Å². The first-order valence-electron chi connectivity index (χ1n) is 11.1. The molecule has 1 N–H and O–H groups in total. The second kappa shape index (κ2) is 12.0. The average Bonchev–Trinajstić information content (AvgIpc) is 2.79. The molecule has 0 spiro atoms. The molecule has 0 saturated heterocycles. The lowest BCUT2D eigenvalue weighted by molar-refractivity contribution is -0.150. The van der Waals surface area contributed by atoms with Crippen LogP contribution in [-0.4, -0.2) is 39.2 Å². The van der Waals surface area contributed by atoms with Gasteiger partial charge in [-0.3, -0.25) is 0 Å². The number of sulfone groups is 1. The summed E-state index contributed by atoms with van der Waals surface area (Å²) in [7, 11) is -4.25. The number of carbonyl (C=O) groups is 2. The molecular weight excluding hydrogens is 523 g/mol. The van der Waals surface area contributed by atoms with E-state index >= 15 is 0 Å². The highest BCUT2D eigenvalue weighted by molar-refractivity contribution is 7.91. The molecule has 198 valence electrons. The molecule has 2 aromatic carbocycles. The molecule has 12 heteroatoms. The van der Waals surface area contributed by atoms with Crippen molar-refractivity contribution >= 4 is 33.5 Å². The minimum atomic E-state index is -4.69. The van der Waals surface area contributed by atoms with Crippen LogP contribution in [0.3, 0.4) is 0 Å². The van der Waals surface area contributed by atoms with Gasteiger partial charge in [-0.25, -0.2) is 18.0 Å². The lowest BCUT2D eigenvalue weighted by Crippen LogP contribution is -2.53. The minimum absolute atomic E-state index is 0.0965. The highest BCUT2D eigenvalue weighted by Crippen LogP contribution is 2.33. The standard InChI is InChI=1S/C24H27ClF3NO6S/c1-4-34-21(30)23(3,29-22(31)35-5-2)13-7-8-16-11-12-19(15-20(16)25)36(32,33)18-10-6-9-17(14-18)24(26,27)28/h6,9-12,14-15H,4-5,7-8,13H2,1-3H3,(H,29,31)/t23-/m1/s1. The Bertz CT molecular complexity index is 1200. The fourth-order valence-corrected chi connectivity index (χ4v) is 5.08. The Hall–Kier alpha value is -2.79. The Labute approximate surface area is 212 Å². The Kier molecular flexibility index (Phi) is 9.78. The molecule has 0 aromatic heterocycles. The largest absolute Gasteiger partial charge is 0.464 e. The van der Waals surface area contributed by atoms with Crippen molar-refractivity contribution in [3.05, 3.63) is 58.6 Å². The number of alkyl halides is 3. The van der Waals surface area contributed by atoms with E-state index in [-0.39, 0.29) is 29.6 Å². The second-order valence-electron chi connectivity index (χ2n) is 8.03. The summed E-state index contributed by atoms with van der Waals surface area (Å²) in [5.74, 6) is -0.633. The summed E-state index contributed by atoms with van der Waals surface area (Å²) < 4.78 is 74.7. The van der Waals surface area contributed by atoms with Gasteiger partial charge in [0.1, 0.15) is 5.54 Å². The van der Waals surface area contributed by atoms with Crippen LogP contribution in [0.5, 0.6) is 0 Å². The van der Waals surface area contributed by atoms with Gasteiger partial charge in [-0.05, 0) is 75.9 Å². The number of esters is 1. The fourth-order valence-electron chi connectivity index (χ4n) is 3.40. The number of amides is 1. The molecule has 0 radical (unpaired) electrons. The number of nitrogens with one attached hydrogen (secondary N) is 1. The monoisotopic (exact) mass is 549 g/mol. The van der Waals surface area contributed by atoms with Crippen LogP contribution in [0.2, 0.25) is 5.02 Å². The number of alkyl carbamates (subject to hydrolysis) is 1. The SMILES string of the molecule is CCOC(=O)N[C@](C)(CCCc1ccc(S(=O)(=O)c2cccc(C(F)(F)F)c2)cc1Cl)C(=O)OCC. The third-order valence-corrected chi connectivity index (χ3v) is 7.41. The number of benzene rings is 2. The first-order valence-corrected chi connectivity index (χ1v) is 12.9. The molecule has 36 heavy (non-hydrogen) atoms. The second-order valence-corrected chi connectivity index (χ2v) is 10.4. The highest BCUT2D eigenvalue weighted by Gasteiger charge is 2.36. The van der Waals surface area contributed by atoms with Gasteiger partial charge in [-0.2, -0.15) is 13.2 Å². The third-order valence-electron chi connectivity index (χ3n) is 5.31. The summed E-state index contributed by atoms with van der Waals surface area (Å²) in [5, 5.41) is 2.61. The average molecular weight is 550 g/mol. The molecule has 1 atom stereocenters. The number of aryl methyl sites for hydroxylation is 1. The molecule has 0 heterocycles. The van der Waals surface area contributed by atoms with Gasteiger partial charge in [0.05, 0.1) is 28.6 Å². The molecular formula is C24H27ClF3NO6S. The van der Waals surface area contributed by atoms with Crippen molar-refractivity contribution in [3.63, 3.8) is 0 Å². The summed E-state index contributed by atoms with van der Waals surface area (Å²) in [6.45, 7) is 5.01. The number of halogens is 4. The zero-order chi connectivity index (χ0) is 27.1. The molecule has 0 saturated carbocycles. The molecule has 0 fully saturated rings. The first kappa shape index (κ1) is 29.4. The minimum Gasteiger partial charge on any atom is -0.464 e. The van der Waals surface area contributed by atoms with Crippen LogP contribution in [-0.2, 0) is 36.7 Å². The lowest BCUT2D eigenvalue weighted by Gasteiger charge is -2.28. The van der Waals surface area contributed by atoms with E-state index in [0.29, 0.717) is 24.5 Å². The summed E-state index contributed by atoms with van der Waals surface area (Å²) in [6.07, 6.45) is -4.60. The van der Waals surface area contributed by atoms with Gasteiger partial charge in [-0.1, -0.05) is 23.7 Å². The van der Waals surface area contributed by atoms with Crippen molar-refractivity contribution in [2.75, 3.05) is 13.2 Å². The first-order chi connectivity index (χ1) is 16.7. The predicted molar refractivity (Wildman–Crippen MR) is 126 cm³/mol. The Balaban J connectivity index is 2.19. The van der Waals surface area contributed by atoms with Gasteiger partial charge >= 0.3 is 18.2 Å².